The maximum atomic E-state index is 13.8. The van der Waals surface area contributed by atoms with Crippen molar-refractivity contribution < 1.29 is 9.59 Å². The lowest BCUT2D eigenvalue weighted by Gasteiger charge is -2.19. The highest BCUT2D eigenvalue weighted by Gasteiger charge is 2.32. The Balaban J connectivity index is 1.62. The van der Waals surface area contributed by atoms with Gasteiger partial charge in [0.1, 0.15) is 4.83 Å². The van der Waals surface area contributed by atoms with Gasteiger partial charge in [0.05, 0.1) is 16.3 Å². The molecule has 5 rings (SSSR count). The Bertz CT molecular complexity index is 1270. The van der Waals surface area contributed by atoms with Crippen molar-refractivity contribution in [1.29, 1.82) is 0 Å². The van der Waals surface area contributed by atoms with Crippen LogP contribution in [0.15, 0.2) is 40.3 Å². The number of carbonyl (C=O) groups excluding carboxylic acids is 2. The molecule has 2 aromatic heterocycles. The zero-order chi connectivity index (χ0) is 22.4. The lowest BCUT2D eigenvalue weighted by atomic mass is 9.89. The third kappa shape index (κ3) is 3.63. The van der Waals surface area contributed by atoms with E-state index >= 15 is 0 Å². The first-order chi connectivity index (χ1) is 15.4. The minimum atomic E-state index is -0.562. The molecule has 0 saturated carbocycles. The van der Waals surface area contributed by atoms with Crippen molar-refractivity contribution >= 4 is 45.3 Å². The van der Waals surface area contributed by atoms with Crippen LogP contribution < -0.4 is 10.9 Å². The van der Waals surface area contributed by atoms with E-state index in [1.807, 2.05) is 30.3 Å². The number of amides is 3. The van der Waals surface area contributed by atoms with Crippen LogP contribution in [0.25, 0.3) is 15.9 Å². The number of thiophene rings is 1. The predicted molar refractivity (Wildman–Crippen MR) is 127 cm³/mol. The van der Waals surface area contributed by atoms with Crippen molar-refractivity contribution in [2.75, 3.05) is 13.1 Å². The molecule has 1 aliphatic carbocycles. The summed E-state index contributed by atoms with van der Waals surface area (Å²) in [5.41, 5.74) is 1.77. The van der Waals surface area contributed by atoms with E-state index in [4.69, 9.17) is 4.98 Å². The number of nitrogens with zero attached hydrogens (tertiary/aromatic N) is 3. The van der Waals surface area contributed by atoms with Gasteiger partial charge in [-0.15, -0.1) is 11.3 Å². The van der Waals surface area contributed by atoms with Crippen LogP contribution in [-0.4, -0.2) is 44.7 Å². The number of urea groups is 1. The van der Waals surface area contributed by atoms with Gasteiger partial charge in [-0.1, -0.05) is 36.9 Å². The molecule has 1 aromatic carbocycles. The van der Waals surface area contributed by atoms with Gasteiger partial charge < -0.3 is 5.32 Å². The van der Waals surface area contributed by atoms with Crippen LogP contribution in [0, 0.1) is 5.92 Å². The average Bonchev–Trinajstić information content (AvgIpc) is 3.36. The number of aryl methyl sites for hydroxylation is 1. The van der Waals surface area contributed by atoms with Crippen molar-refractivity contribution in [3.05, 3.63) is 51.1 Å². The summed E-state index contributed by atoms with van der Waals surface area (Å²) in [4.78, 5) is 46.7. The molecule has 32 heavy (non-hydrogen) atoms. The number of fused-ring (bicyclic) bond motifs is 3. The summed E-state index contributed by atoms with van der Waals surface area (Å²) in [6, 6.07) is 9.05. The van der Waals surface area contributed by atoms with E-state index in [0.29, 0.717) is 29.6 Å². The van der Waals surface area contributed by atoms with Gasteiger partial charge in [0, 0.05) is 18.0 Å². The predicted octanol–water partition coefficient (Wildman–Crippen LogP) is 3.60. The van der Waals surface area contributed by atoms with E-state index in [0.717, 1.165) is 35.3 Å². The molecule has 7 nitrogen and oxygen atoms in total. The fourth-order valence-corrected chi connectivity index (χ4v) is 6.78. The summed E-state index contributed by atoms with van der Waals surface area (Å²) in [7, 11) is 0. The maximum absolute atomic E-state index is 13.8. The summed E-state index contributed by atoms with van der Waals surface area (Å²) < 4.78 is 1.62. The SMILES string of the molecule is CC1CCc2c(sc3nc(SC(C)C(=O)N4CCNC4=O)n(-c4ccccc4)c(=O)c23)C1. The Morgan fingerprint density at radius 1 is 1.28 bits per heavy atom. The third-order valence-electron chi connectivity index (χ3n) is 6.07. The molecular weight excluding hydrogens is 444 g/mol. The lowest BCUT2D eigenvalue weighted by molar-refractivity contribution is -0.126. The summed E-state index contributed by atoms with van der Waals surface area (Å²) in [5.74, 6) is 0.322. The highest BCUT2D eigenvalue weighted by molar-refractivity contribution is 8.00. The number of aromatic nitrogens is 2. The molecule has 1 aliphatic heterocycles. The van der Waals surface area contributed by atoms with Crippen LogP contribution in [0.5, 0.6) is 0 Å². The molecule has 166 valence electrons. The van der Waals surface area contributed by atoms with Gasteiger partial charge in [-0.05, 0) is 49.8 Å². The van der Waals surface area contributed by atoms with Gasteiger partial charge in [-0.3, -0.25) is 19.1 Å². The first-order valence-electron chi connectivity index (χ1n) is 10.8. The van der Waals surface area contributed by atoms with Crippen LogP contribution in [0.2, 0.25) is 0 Å². The second kappa shape index (κ2) is 8.37. The van der Waals surface area contributed by atoms with Crippen molar-refractivity contribution in [3.63, 3.8) is 0 Å². The number of hydrogen-bond donors (Lipinski definition) is 1. The zero-order valence-electron chi connectivity index (χ0n) is 18.0. The van der Waals surface area contributed by atoms with Gasteiger partial charge in [-0.25, -0.2) is 9.78 Å². The van der Waals surface area contributed by atoms with Crippen LogP contribution in [0.4, 0.5) is 4.79 Å². The molecule has 0 radical (unpaired) electrons. The number of hydrogen-bond acceptors (Lipinski definition) is 6. The first-order valence-corrected chi connectivity index (χ1v) is 12.5. The molecule has 0 bridgehead atoms. The normalized spacial score (nSPS) is 19.1. The van der Waals surface area contributed by atoms with Crippen LogP contribution >= 0.6 is 23.1 Å². The minimum Gasteiger partial charge on any atom is -0.336 e. The number of imide groups is 1. The molecule has 3 amide bonds. The number of para-hydroxylation sites is 1. The Kier molecular flexibility index (Phi) is 5.54. The number of rotatable bonds is 4. The van der Waals surface area contributed by atoms with E-state index in [2.05, 4.69) is 12.2 Å². The summed E-state index contributed by atoms with van der Waals surface area (Å²) in [6.45, 7) is 4.81. The van der Waals surface area contributed by atoms with Crippen molar-refractivity contribution in [3.8, 4) is 5.69 Å². The van der Waals surface area contributed by atoms with Crippen molar-refractivity contribution in [1.82, 2.24) is 19.8 Å². The standard InChI is InChI=1S/C23H24N4O3S2/c1-13-8-9-16-17(12-13)32-19-18(16)21(29)27(15-6-4-3-5-7-15)23(25-19)31-14(2)20(28)26-11-10-24-22(26)30/h3-7,13-14H,8-12H2,1-2H3,(H,24,30). The summed E-state index contributed by atoms with van der Waals surface area (Å²) in [5, 5.41) is 3.28. The van der Waals surface area contributed by atoms with E-state index in [1.165, 1.54) is 21.5 Å². The molecular formula is C23H24N4O3S2. The van der Waals surface area contributed by atoms with Crippen LogP contribution in [-0.2, 0) is 17.6 Å². The van der Waals surface area contributed by atoms with Crippen LogP contribution in [0.1, 0.15) is 30.7 Å². The average molecular weight is 469 g/mol. The Hall–Kier alpha value is -2.65. The molecule has 0 spiro atoms. The van der Waals surface area contributed by atoms with E-state index in [1.54, 1.807) is 22.8 Å². The fourth-order valence-electron chi connectivity index (χ4n) is 4.36. The third-order valence-corrected chi connectivity index (χ3v) is 8.25. The number of carbonyl (C=O) groups is 2. The quantitative estimate of drug-likeness (QED) is 0.467. The fraction of sp³-hybridized carbons (Fsp3) is 0.391. The molecule has 1 saturated heterocycles. The van der Waals surface area contributed by atoms with E-state index in [9.17, 15) is 14.4 Å². The van der Waals surface area contributed by atoms with Gasteiger partial charge in [0.15, 0.2) is 5.16 Å². The molecule has 3 heterocycles. The number of thioether (sulfide) groups is 1. The second-order valence-corrected chi connectivity index (χ2v) is 10.8. The largest absolute Gasteiger partial charge is 0.336 e. The van der Waals surface area contributed by atoms with Gasteiger partial charge >= 0.3 is 6.03 Å². The maximum Gasteiger partial charge on any atom is 0.324 e. The summed E-state index contributed by atoms with van der Waals surface area (Å²) in [6.07, 6.45) is 2.94. The monoisotopic (exact) mass is 468 g/mol. The second-order valence-electron chi connectivity index (χ2n) is 8.38. The Morgan fingerprint density at radius 3 is 2.78 bits per heavy atom. The minimum absolute atomic E-state index is 0.0886. The first kappa shape index (κ1) is 21.2. The molecule has 2 atom stereocenters. The van der Waals surface area contributed by atoms with Crippen LogP contribution in [0.3, 0.4) is 0 Å². The lowest BCUT2D eigenvalue weighted by Crippen LogP contribution is -2.39. The van der Waals surface area contributed by atoms with Gasteiger partial charge in [-0.2, -0.15) is 0 Å². The number of nitrogens with one attached hydrogen (secondary N) is 1. The van der Waals surface area contributed by atoms with Crippen molar-refractivity contribution in [2.24, 2.45) is 5.92 Å². The van der Waals surface area contributed by atoms with Crippen molar-refractivity contribution in [2.45, 2.75) is 43.5 Å². The van der Waals surface area contributed by atoms with E-state index in [-0.39, 0.29) is 17.5 Å². The molecule has 1 N–H and O–H groups in total. The highest BCUT2D eigenvalue weighted by atomic mass is 32.2. The Labute approximate surface area is 193 Å². The molecule has 2 unspecified atom stereocenters. The summed E-state index contributed by atoms with van der Waals surface area (Å²) >= 11 is 2.82. The molecule has 2 aliphatic rings. The number of benzene rings is 1. The van der Waals surface area contributed by atoms with Gasteiger partial charge in [0.25, 0.3) is 5.56 Å². The molecule has 9 heteroatoms. The highest BCUT2D eigenvalue weighted by Crippen LogP contribution is 2.37. The molecule has 3 aromatic rings. The Morgan fingerprint density at radius 2 is 2.06 bits per heavy atom. The zero-order valence-corrected chi connectivity index (χ0v) is 19.6. The smallest absolute Gasteiger partial charge is 0.324 e. The molecule has 1 fully saturated rings. The topological polar surface area (TPSA) is 84.3 Å². The van der Waals surface area contributed by atoms with E-state index < -0.39 is 5.25 Å². The van der Waals surface area contributed by atoms with Gasteiger partial charge in [0.2, 0.25) is 5.91 Å².